The van der Waals surface area contributed by atoms with Crippen molar-refractivity contribution < 1.29 is 14.6 Å². The van der Waals surface area contributed by atoms with Gasteiger partial charge in [-0.05, 0) is 19.9 Å². The second kappa shape index (κ2) is 5.33. The van der Waals surface area contributed by atoms with Crippen molar-refractivity contribution in [3.05, 3.63) is 42.3 Å². The first-order valence-electron chi connectivity index (χ1n) is 6.15. The van der Waals surface area contributed by atoms with Crippen LogP contribution in [0.1, 0.15) is 19.5 Å². The van der Waals surface area contributed by atoms with Gasteiger partial charge in [-0.25, -0.2) is 9.48 Å². The third kappa shape index (κ3) is 2.64. The van der Waals surface area contributed by atoms with Gasteiger partial charge in [0.05, 0.1) is 24.0 Å². The molecule has 0 aliphatic rings. The van der Waals surface area contributed by atoms with E-state index in [2.05, 4.69) is 17.4 Å². The van der Waals surface area contributed by atoms with Crippen molar-refractivity contribution in [1.82, 2.24) is 9.78 Å². The predicted octanol–water partition coefficient (Wildman–Crippen LogP) is 2.67. The number of aliphatic carboxylic acids is 1. The SMILES string of the molecule is C=C=Cn1nc(COC(C)(C)C(=O)O)c2ccccc21. The lowest BCUT2D eigenvalue weighted by atomic mass is 10.1. The minimum Gasteiger partial charge on any atom is -0.479 e. The van der Waals surface area contributed by atoms with Crippen molar-refractivity contribution in [1.29, 1.82) is 0 Å². The Morgan fingerprint density at radius 2 is 2.25 bits per heavy atom. The second-order valence-electron chi connectivity index (χ2n) is 4.85. The van der Waals surface area contributed by atoms with Crippen LogP contribution in [-0.4, -0.2) is 26.5 Å². The fraction of sp³-hybridized carbons (Fsp3) is 0.267. The minimum absolute atomic E-state index is 0.123. The largest absolute Gasteiger partial charge is 0.479 e. The first-order chi connectivity index (χ1) is 9.45. The van der Waals surface area contributed by atoms with E-state index in [4.69, 9.17) is 9.84 Å². The topological polar surface area (TPSA) is 64.4 Å². The Hall–Kier alpha value is -2.36. The van der Waals surface area contributed by atoms with Gasteiger partial charge in [0.15, 0.2) is 5.60 Å². The van der Waals surface area contributed by atoms with E-state index < -0.39 is 11.6 Å². The van der Waals surface area contributed by atoms with Gasteiger partial charge in [0.1, 0.15) is 0 Å². The number of carboxylic acids is 1. The molecule has 1 heterocycles. The summed E-state index contributed by atoms with van der Waals surface area (Å²) in [6.07, 6.45) is 1.62. The number of ether oxygens (including phenoxy) is 1. The van der Waals surface area contributed by atoms with E-state index in [1.807, 2.05) is 24.3 Å². The third-order valence-electron chi connectivity index (χ3n) is 2.99. The lowest BCUT2D eigenvalue weighted by molar-refractivity contribution is -0.162. The smallest absolute Gasteiger partial charge is 0.335 e. The summed E-state index contributed by atoms with van der Waals surface area (Å²) in [5, 5.41) is 14.3. The van der Waals surface area contributed by atoms with Gasteiger partial charge in [-0.1, -0.05) is 24.8 Å². The molecule has 1 aromatic carbocycles. The molecule has 2 rings (SSSR count). The Balaban J connectivity index is 2.36. The molecular formula is C15H16N2O3. The number of aromatic nitrogens is 2. The summed E-state index contributed by atoms with van der Waals surface area (Å²) in [6, 6.07) is 7.64. The maximum atomic E-state index is 11.0. The maximum Gasteiger partial charge on any atom is 0.335 e. The highest BCUT2D eigenvalue weighted by atomic mass is 16.5. The number of benzene rings is 1. The van der Waals surface area contributed by atoms with Crippen molar-refractivity contribution in [2.75, 3.05) is 0 Å². The zero-order valence-corrected chi connectivity index (χ0v) is 11.5. The molecule has 0 aliphatic heterocycles. The standard InChI is InChI=1S/C15H16N2O3/c1-4-9-17-13-8-6-5-7-11(13)12(16-17)10-20-15(2,3)14(18)19/h5-9H,1,10H2,2-3H3,(H,18,19). The van der Waals surface area contributed by atoms with Crippen LogP contribution < -0.4 is 0 Å². The Bertz CT molecular complexity index is 694. The van der Waals surface area contributed by atoms with E-state index in [-0.39, 0.29) is 6.61 Å². The Morgan fingerprint density at radius 3 is 2.90 bits per heavy atom. The summed E-state index contributed by atoms with van der Waals surface area (Å²) in [5.74, 6) is -1.01. The number of hydrogen-bond donors (Lipinski definition) is 1. The van der Waals surface area contributed by atoms with E-state index in [9.17, 15) is 4.79 Å². The monoisotopic (exact) mass is 272 g/mol. The Kier molecular flexibility index (Phi) is 3.74. The van der Waals surface area contributed by atoms with Crippen molar-refractivity contribution >= 4 is 23.1 Å². The lowest BCUT2D eigenvalue weighted by Gasteiger charge is -2.19. The van der Waals surface area contributed by atoms with Crippen LogP contribution in [0.15, 0.2) is 36.6 Å². The molecule has 0 saturated carbocycles. The highest BCUT2D eigenvalue weighted by Gasteiger charge is 2.28. The number of carbonyl (C=O) groups is 1. The number of rotatable bonds is 5. The highest BCUT2D eigenvalue weighted by Crippen LogP contribution is 2.21. The number of nitrogens with zero attached hydrogens (tertiary/aromatic N) is 2. The number of fused-ring (bicyclic) bond motifs is 1. The predicted molar refractivity (Wildman–Crippen MR) is 76.1 cm³/mol. The van der Waals surface area contributed by atoms with Crippen molar-refractivity contribution in [2.45, 2.75) is 26.1 Å². The molecule has 2 aromatic rings. The molecule has 0 unspecified atom stereocenters. The average Bonchev–Trinajstić information content (AvgIpc) is 2.76. The Morgan fingerprint density at radius 1 is 1.55 bits per heavy atom. The van der Waals surface area contributed by atoms with Gasteiger partial charge in [-0.2, -0.15) is 5.10 Å². The van der Waals surface area contributed by atoms with Gasteiger partial charge in [0, 0.05) is 5.39 Å². The molecule has 104 valence electrons. The summed E-state index contributed by atoms with van der Waals surface area (Å²) in [5.41, 5.74) is 3.00. The molecule has 0 fully saturated rings. The molecule has 0 amide bonds. The molecular weight excluding hydrogens is 256 g/mol. The molecule has 0 saturated heterocycles. The van der Waals surface area contributed by atoms with Crippen LogP contribution in [0.25, 0.3) is 17.1 Å². The molecule has 0 aliphatic carbocycles. The van der Waals surface area contributed by atoms with Gasteiger partial charge in [-0.15, -0.1) is 5.73 Å². The third-order valence-corrected chi connectivity index (χ3v) is 2.99. The van der Waals surface area contributed by atoms with Gasteiger partial charge >= 0.3 is 5.97 Å². The van der Waals surface area contributed by atoms with E-state index in [0.29, 0.717) is 5.69 Å². The molecule has 20 heavy (non-hydrogen) atoms. The first-order valence-corrected chi connectivity index (χ1v) is 6.15. The number of para-hydroxylation sites is 1. The highest BCUT2D eigenvalue weighted by molar-refractivity contribution is 5.83. The van der Waals surface area contributed by atoms with E-state index in [1.54, 1.807) is 10.9 Å². The van der Waals surface area contributed by atoms with Crippen LogP contribution in [0.5, 0.6) is 0 Å². The number of hydrogen-bond acceptors (Lipinski definition) is 3. The average molecular weight is 272 g/mol. The molecule has 0 spiro atoms. The lowest BCUT2D eigenvalue weighted by Crippen LogP contribution is -2.34. The molecule has 1 N–H and O–H groups in total. The van der Waals surface area contributed by atoms with Crippen LogP contribution in [-0.2, 0) is 16.1 Å². The van der Waals surface area contributed by atoms with E-state index in [0.717, 1.165) is 10.9 Å². The van der Waals surface area contributed by atoms with Crippen molar-refractivity contribution in [3.8, 4) is 0 Å². The van der Waals surface area contributed by atoms with E-state index >= 15 is 0 Å². The van der Waals surface area contributed by atoms with E-state index in [1.165, 1.54) is 13.8 Å². The summed E-state index contributed by atoms with van der Waals surface area (Å²) in [7, 11) is 0. The molecule has 0 bridgehead atoms. The summed E-state index contributed by atoms with van der Waals surface area (Å²) >= 11 is 0. The number of carboxylic acid groups (broad SMARTS) is 1. The zero-order valence-electron chi connectivity index (χ0n) is 11.5. The van der Waals surface area contributed by atoms with Gasteiger partial charge in [0.25, 0.3) is 0 Å². The van der Waals surface area contributed by atoms with Crippen molar-refractivity contribution in [3.63, 3.8) is 0 Å². The molecule has 1 aromatic heterocycles. The van der Waals surface area contributed by atoms with Crippen LogP contribution >= 0.6 is 0 Å². The fourth-order valence-electron chi connectivity index (χ4n) is 1.76. The Labute approximate surface area is 116 Å². The molecule has 5 nitrogen and oxygen atoms in total. The molecule has 5 heteroatoms. The summed E-state index contributed by atoms with van der Waals surface area (Å²) in [4.78, 5) is 11.0. The fourth-order valence-corrected chi connectivity index (χ4v) is 1.76. The van der Waals surface area contributed by atoms with Gasteiger partial charge in [-0.3, -0.25) is 0 Å². The van der Waals surface area contributed by atoms with Crippen molar-refractivity contribution in [2.24, 2.45) is 0 Å². The second-order valence-corrected chi connectivity index (χ2v) is 4.85. The van der Waals surface area contributed by atoms with Crippen LogP contribution in [0.4, 0.5) is 0 Å². The van der Waals surface area contributed by atoms with Crippen LogP contribution in [0.2, 0.25) is 0 Å². The maximum absolute atomic E-state index is 11.0. The van der Waals surface area contributed by atoms with Gasteiger partial charge < -0.3 is 9.84 Å². The summed E-state index contributed by atoms with van der Waals surface area (Å²) < 4.78 is 7.10. The molecule has 0 atom stereocenters. The van der Waals surface area contributed by atoms with Crippen LogP contribution in [0.3, 0.4) is 0 Å². The minimum atomic E-state index is -1.25. The quantitative estimate of drug-likeness (QED) is 0.850. The first kappa shape index (κ1) is 14.1. The molecule has 0 radical (unpaired) electrons. The van der Waals surface area contributed by atoms with Crippen LogP contribution in [0, 0.1) is 0 Å². The zero-order chi connectivity index (χ0) is 14.8. The van der Waals surface area contributed by atoms with Gasteiger partial charge in [0.2, 0.25) is 0 Å². The summed E-state index contributed by atoms with van der Waals surface area (Å²) in [6.45, 7) is 6.68. The normalized spacial score (nSPS) is 11.3.